The fourth-order valence-corrected chi connectivity index (χ4v) is 4.02. The largest absolute Gasteiger partial charge is 0.403 e. The number of rotatable bonds is 1. The standard InChI is InChI=1S/C15H10ClNO2S/c16-9-6-4-8(5-7-9)13-17-14-12(15(18)19-13)10-2-1-3-11(10)20-14/h4-7H,1-3H2. The number of aryl methyl sites for hydroxylation is 2. The first-order valence-electron chi connectivity index (χ1n) is 6.44. The molecule has 0 fully saturated rings. The molecule has 0 spiro atoms. The first-order chi connectivity index (χ1) is 9.72. The Morgan fingerprint density at radius 1 is 1.20 bits per heavy atom. The Labute approximate surface area is 123 Å². The van der Waals surface area contributed by atoms with Gasteiger partial charge in [-0.2, -0.15) is 0 Å². The lowest BCUT2D eigenvalue weighted by Crippen LogP contribution is -2.02. The Morgan fingerprint density at radius 3 is 2.80 bits per heavy atom. The van der Waals surface area contributed by atoms with E-state index in [0.717, 1.165) is 35.2 Å². The van der Waals surface area contributed by atoms with Crippen molar-refractivity contribution in [2.75, 3.05) is 0 Å². The zero-order chi connectivity index (χ0) is 13.7. The van der Waals surface area contributed by atoms with Gasteiger partial charge in [0, 0.05) is 15.5 Å². The highest BCUT2D eigenvalue weighted by Gasteiger charge is 2.22. The Balaban J connectivity index is 1.95. The van der Waals surface area contributed by atoms with Gasteiger partial charge in [-0.3, -0.25) is 0 Å². The van der Waals surface area contributed by atoms with E-state index in [1.165, 1.54) is 4.88 Å². The normalized spacial score (nSPS) is 13.8. The van der Waals surface area contributed by atoms with Gasteiger partial charge in [-0.25, -0.2) is 9.78 Å². The number of benzene rings is 1. The first-order valence-corrected chi connectivity index (χ1v) is 7.63. The molecule has 0 saturated carbocycles. The van der Waals surface area contributed by atoms with E-state index >= 15 is 0 Å². The van der Waals surface area contributed by atoms with Crippen molar-refractivity contribution < 1.29 is 4.42 Å². The van der Waals surface area contributed by atoms with Gasteiger partial charge in [-0.15, -0.1) is 11.3 Å². The number of hydrogen-bond acceptors (Lipinski definition) is 4. The van der Waals surface area contributed by atoms with Gasteiger partial charge < -0.3 is 4.42 Å². The number of halogens is 1. The summed E-state index contributed by atoms with van der Waals surface area (Å²) in [6.07, 6.45) is 3.13. The van der Waals surface area contributed by atoms with Gasteiger partial charge in [0.05, 0.1) is 0 Å². The van der Waals surface area contributed by atoms with Crippen molar-refractivity contribution in [1.82, 2.24) is 4.98 Å². The summed E-state index contributed by atoms with van der Waals surface area (Å²) in [6.45, 7) is 0. The van der Waals surface area contributed by atoms with Crippen LogP contribution in [0.4, 0.5) is 0 Å². The van der Waals surface area contributed by atoms with E-state index < -0.39 is 0 Å². The molecule has 0 bridgehead atoms. The number of hydrogen-bond donors (Lipinski definition) is 0. The third kappa shape index (κ3) is 1.79. The van der Waals surface area contributed by atoms with Gasteiger partial charge in [0.15, 0.2) is 0 Å². The maximum atomic E-state index is 12.2. The van der Waals surface area contributed by atoms with Crippen LogP contribution in [0.5, 0.6) is 0 Å². The predicted molar refractivity (Wildman–Crippen MR) is 80.6 cm³/mol. The summed E-state index contributed by atoms with van der Waals surface area (Å²) in [6, 6.07) is 7.13. The molecule has 5 heteroatoms. The van der Waals surface area contributed by atoms with E-state index in [0.29, 0.717) is 16.3 Å². The molecule has 20 heavy (non-hydrogen) atoms. The average Bonchev–Trinajstić information content (AvgIpc) is 2.99. The van der Waals surface area contributed by atoms with Crippen molar-refractivity contribution in [3.63, 3.8) is 0 Å². The third-order valence-electron chi connectivity index (χ3n) is 3.59. The van der Waals surface area contributed by atoms with Crippen LogP contribution < -0.4 is 5.63 Å². The van der Waals surface area contributed by atoms with Gasteiger partial charge in [-0.05, 0) is 49.1 Å². The Morgan fingerprint density at radius 2 is 2.00 bits per heavy atom. The molecule has 3 aromatic rings. The van der Waals surface area contributed by atoms with Gasteiger partial charge in [0.2, 0.25) is 5.89 Å². The zero-order valence-electron chi connectivity index (χ0n) is 10.5. The molecule has 2 aromatic heterocycles. The number of fused-ring (bicyclic) bond motifs is 3. The highest BCUT2D eigenvalue weighted by atomic mass is 35.5. The smallest absolute Gasteiger partial charge is 0.348 e. The van der Waals surface area contributed by atoms with E-state index in [1.807, 2.05) is 0 Å². The fraction of sp³-hybridized carbons (Fsp3) is 0.200. The molecule has 4 rings (SSSR count). The molecule has 1 aliphatic rings. The summed E-state index contributed by atoms with van der Waals surface area (Å²) in [5, 5.41) is 1.33. The summed E-state index contributed by atoms with van der Waals surface area (Å²) in [7, 11) is 0. The van der Waals surface area contributed by atoms with E-state index in [2.05, 4.69) is 4.98 Å². The summed E-state index contributed by atoms with van der Waals surface area (Å²) < 4.78 is 5.40. The molecular weight excluding hydrogens is 294 g/mol. The van der Waals surface area contributed by atoms with Crippen LogP contribution in [0, 0.1) is 0 Å². The molecule has 1 aromatic carbocycles. The molecule has 3 nitrogen and oxygen atoms in total. The van der Waals surface area contributed by atoms with Crippen molar-refractivity contribution in [2.45, 2.75) is 19.3 Å². The highest BCUT2D eigenvalue weighted by molar-refractivity contribution is 7.18. The minimum atomic E-state index is -0.278. The molecular formula is C15H10ClNO2S. The molecule has 0 unspecified atom stereocenters. The Kier molecular flexibility index (Phi) is 2.69. The van der Waals surface area contributed by atoms with Crippen LogP contribution in [-0.2, 0) is 12.8 Å². The third-order valence-corrected chi connectivity index (χ3v) is 5.03. The topological polar surface area (TPSA) is 43.1 Å². The number of thiophene rings is 1. The van der Waals surface area contributed by atoms with Crippen LogP contribution in [0.25, 0.3) is 21.7 Å². The quantitative estimate of drug-likeness (QED) is 0.681. The first kappa shape index (κ1) is 12.1. The Hall–Kier alpha value is -1.65. The second kappa shape index (κ2) is 4.43. The molecule has 0 N–H and O–H groups in total. The van der Waals surface area contributed by atoms with Crippen molar-refractivity contribution >= 4 is 33.2 Å². The molecule has 2 heterocycles. The lowest BCUT2D eigenvalue weighted by molar-refractivity contribution is 0.518. The fourth-order valence-electron chi connectivity index (χ4n) is 2.65. The minimum absolute atomic E-state index is 0.278. The summed E-state index contributed by atoms with van der Waals surface area (Å²) in [5.74, 6) is 0.360. The molecule has 0 atom stereocenters. The van der Waals surface area contributed by atoms with E-state index in [1.54, 1.807) is 35.6 Å². The van der Waals surface area contributed by atoms with Crippen molar-refractivity contribution in [3.8, 4) is 11.5 Å². The predicted octanol–water partition coefficient (Wildman–Crippen LogP) is 4.06. The second-order valence-corrected chi connectivity index (χ2v) is 6.37. The van der Waals surface area contributed by atoms with Crippen molar-refractivity contribution in [2.24, 2.45) is 0 Å². The van der Waals surface area contributed by atoms with Gasteiger partial charge in [-0.1, -0.05) is 11.6 Å². The monoisotopic (exact) mass is 303 g/mol. The lowest BCUT2D eigenvalue weighted by atomic mass is 10.2. The van der Waals surface area contributed by atoms with E-state index in [4.69, 9.17) is 16.0 Å². The van der Waals surface area contributed by atoms with Crippen LogP contribution in [-0.4, -0.2) is 4.98 Å². The SMILES string of the molecule is O=c1oc(-c2ccc(Cl)cc2)nc2sc3c(c12)CCC3. The lowest BCUT2D eigenvalue weighted by Gasteiger charge is -2.00. The van der Waals surface area contributed by atoms with Gasteiger partial charge in [0.1, 0.15) is 10.2 Å². The maximum Gasteiger partial charge on any atom is 0.348 e. The van der Waals surface area contributed by atoms with E-state index in [9.17, 15) is 4.79 Å². The van der Waals surface area contributed by atoms with Gasteiger partial charge in [0.25, 0.3) is 0 Å². The summed E-state index contributed by atoms with van der Waals surface area (Å²) in [4.78, 5) is 18.8. The highest BCUT2D eigenvalue weighted by Crippen LogP contribution is 2.35. The Bertz CT molecular complexity index is 864. The average molecular weight is 304 g/mol. The minimum Gasteiger partial charge on any atom is -0.403 e. The molecule has 0 saturated heterocycles. The molecule has 0 aliphatic heterocycles. The van der Waals surface area contributed by atoms with E-state index in [-0.39, 0.29) is 5.63 Å². The maximum absolute atomic E-state index is 12.2. The molecule has 0 amide bonds. The van der Waals surface area contributed by atoms with Crippen LogP contribution in [0.1, 0.15) is 16.9 Å². The van der Waals surface area contributed by atoms with Crippen molar-refractivity contribution in [3.05, 3.63) is 50.1 Å². The van der Waals surface area contributed by atoms with Crippen LogP contribution in [0.15, 0.2) is 33.5 Å². The second-order valence-electron chi connectivity index (χ2n) is 4.85. The number of aromatic nitrogens is 1. The zero-order valence-corrected chi connectivity index (χ0v) is 12.1. The molecule has 1 aliphatic carbocycles. The molecule has 100 valence electrons. The van der Waals surface area contributed by atoms with Crippen LogP contribution in [0.3, 0.4) is 0 Å². The van der Waals surface area contributed by atoms with Crippen molar-refractivity contribution in [1.29, 1.82) is 0 Å². The summed E-state index contributed by atoms with van der Waals surface area (Å²) in [5.41, 5.74) is 1.63. The van der Waals surface area contributed by atoms with Gasteiger partial charge >= 0.3 is 5.63 Å². The number of nitrogens with zero attached hydrogens (tertiary/aromatic N) is 1. The summed E-state index contributed by atoms with van der Waals surface area (Å²) >= 11 is 7.48. The molecule has 0 radical (unpaired) electrons. The van der Waals surface area contributed by atoms with Crippen LogP contribution in [0.2, 0.25) is 5.02 Å². The van der Waals surface area contributed by atoms with Crippen LogP contribution >= 0.6 is 22.9 Å².